The molecule has 0 aliphatic carbocycles. The second-order valence-corrected chi connectivity index (χ2v) is 32.7. The van der Waals surface area contributed by atoms with Crippen molar-refractivity contribution in [2.75, 3.05) is 0 Å². The fraction of sp³-hybridized carbons (Fsp3) is 0. The van der Waals surface area contributed by atoms with E-state index in [0.29, 0.717) is 0 Å². The quantitative estimate of drug-likeness (QED) is 0.142. The summed E-state index contributed by atoms with van der Waals surface area (Å²) in [6, 6.07) is 125. The molecule has 0 aliphatic rings. The highest BCUT2D eigenvalue weighted by atomic mass is 32.1. The van der Waals surface area contributed by atoms with Crippen LogP contribution in [0.2, 0.25) is 0 Å². The molecule has 0 spiro atoms. The second-order valence-electron chi connectivity index (χ2n) is 31.6. The monoisotopic (exact) mass is 1530 g/mol. The summed E-state index contributed by atoms with van der Waals surface area (Å²) in [5.74, 6) is 0. The van der Waals surface area contributed by atoms with Crippen molar-refractivity contribution in [2.24, 2.45) is 0 Å². The predicted molar refractivity (Wildman–Crippen MR) is 502 cm³/mol. The Morgan fingerprint density at radius 3 is 1.09 bits per heavy atom. The summed E-state index contributed by atoms with van der Waals surface area (Å²) in [6.07, 6.45) is 9.03. The van der Waals surface area contributed by atoms with Gasteiger partial charge in [0.2, 0.25) is 0 Å². The summed E-state index contributed by atoms with van der Waals surface area (Å²) in [6.45, 7) is 0. The maximum atomic E-state index is 6.63. The van der Waals surface area contributed by atoms with Gasteiger partial charge in [0.1, 0.15) is 44.7 Å². The number of hydrogen-bond donors (Lipinski definition) is 0. The van der Waals surface area contributed by atoms with Crippen molar-refractivity contribution in [1.29, 1.82) is 0 Å². The Hall–Kier alpha value is -15.7. The van der Waals surface area contributed by atoms with Crippen LogP contribution < -0.4 is 0 Å². The summed E-state index contributed by atoms with van der Waals surface area (Å²) in [7, 11) is 0. The van der Waals surface area contributed by atoms with Gasteiger partial charge in [0.25, 0.3) is 0 Å². The molecule has 9 heteroatoms. The van der Waals surface area contributed by atoms with Gasteiger partial charge in [-0.25, -0.2) is 0 Å². The van der Waals surface area contributed by atoms with Gasteiger partial charge in [-0.3, -0.25) is 0 Å². The van der Waals surface area contributed by atoms with Crippen molar-refractivity contribution in [1.82, 2.24) is 17.6 Å². The molecular formula is C110H62N4O4S. The zero-order chi connectivity index (χ0) is 77.4. The molecule has 30 rings (SSSR count). The second kappa shape index (κ2) is 24.4. The minimum atomic E-state index is 0.937. The molecule has 8 nitrogen and oxygen atoms in total. The van der Waals surface area contributed by atoms with Gasteiger partial charge >= 0.3 is 0 Å². The van der Waals surface area contributed by atoms with E-state index in [1.54, 1.807) is 0 Å². The minimum Gasteiger partial charge on any atom is -0.456 e. The zero-order valence-corrected chi connectivity index (χ0v) is 64.4. The molecule has 17 aromatic carbocycles. The Morgan fingerprint density at radius 2 is 0.538 bits per heavy atom. The lowest BCUT2D eigenvalue weighted by Crippen LogP contribution is -1.90. The molecule has 0 saturated carbocycles. The van der Waals surface area contributed by atoms with Crippen LogP contribution in [0.1, 0.15) is 0 Å². The normalized spacial score (nSPS) is 12.4. The van der Waals surface area contributed by atoms with Gasteiger partial charge in [-0.2, -0.15) is 0 Å². The van der Waals surface area contributed by atoms with Gasteiger partial charge in [-0.05, 0) is 96.4 Å². The summed E-state index contributed by atoms with van der Waals surface area (Å²) in [5.41, 5.74) is 17.4. The number of pyridine rings is 4. The van der Waals surface area contributed by atoms with Crippen LogP contribution in [-0.2, 0) is 0 Å². The molecule has 0 fully saturated rings. The number of para-hydroxylation sites is 7. The van der Waals surface area contributed by atoms with Gasteiger partial charge in [0.05, 0.1) is 44.1 Å². The third kappa shape index (κ3) is 9.10. The number of thiophene rings is 1. The molecule has 0 bridgehead atoms. The van der Waals surface area contributed by atoms with E-state index in [1.807, 2.05) is 41.7 Å². The molecule has 30 aromatic rings. The molecule has 13 aromatic heterocycles. The Kier molecular flexibility index (Phi) is 13.3. The lowest BCUT2D eigenvalue weighted by Gasteiger charge is -2.11. The van der Waals surface area contributed by atoms with E-state index in [4.69, 9.17) is 17.7 Å². The number of hydrogen-bond acceptors (Lipinski definition) is 5. The van der Waals surface area contributed by atoms with Gasteiger partial charge in [0.15, 0.2) is 0 Å². The Bertz CT molecular complexity index is 9590. The molecule has 13 heterocycles. The Morgan fingerprint density at radius 1 is 0.176 bits per heavy atom. The largest absolute Gasteiger partial charge is 0.456 e. The van der Waals surface area contributed by atoms with E-state index >= 15 is 0 Å². The van der Waals surface area contributed by atoms with E-state index in [2.05, 4.69) is 364 Å². The Balaban J connectivity index is 0.0000000846. The highest BCUT2D eigenvalue weighted by Crippen LogP contribution is 2.50. The lowest BCUT2D eigenvalue weighted by molar-refractivity contribution is 0.669. The van der Waals surface area contributed by atoms with E-state index in [-0.39, 0.29) is 0 Å². The Labute approximate surface area is 678 Å². The predicted octanol–water partition coefficient (Wildman–Crippen LogP) is 31.6. The van der Waals surface area contributed by atoms with Gasteiger partial charge in [-0.1, -0.05) is 261 Å². The summed E-state index contributed by atoms with van der Waals surface area (Å²) >= 11 is 1.88. The van der Waals surface area contributed by atoms with Crippen LogP contribution in [-0.4, -0.2) is 17.6 Å². The van der Waals surface area contributed by atoms with Crippen molar-refractivity contribution in [3.8, 4) is 0 Å². The van der Waals surface area contributed by atoms with Crippen LogP contribution in [0.5, 0.6) is 0 Å². The highest BCUT2D eigenvalue weighted by molar-refractivity contribution is 7.26. The molecule has 0 atom stereocenters. The maximum absolute atomic E-state index is 6.63. The molecule has 0 unspecified atom stereocenters. The van der Waals surface area contributed by atoms with Crippen molar-refractivity contribution < 1.29 is 17.7 Å². The molecule has 0 aliphatic heterocycles. The molecule has 0 N–H and O–H groups in total. The van der Waals surface area contributed by atoms with Crippen LogP contribution in [0.4, 0.5) is 0 Å². The third-order valence-electron chi connectivity index (χ3n) is 25.4. The fourth-order valence-electron chi connectivity index (χ4n) is 20.4. The summed E-state index contributed by atoms with van der Waals surface area (Å²) < 4.78 is 37.4. The average molecular weight is 1540 g/mol. The topological polar surface area (TPSA) is 70.2 Å². The number of aromatic nitrogens is 4. The maximum Gasteiger partial charge on any atom is 0.144 e. The van der Waals surface area contributed by atoms with Crippen LogP contribution in [0.25, 0.3) is 260 Å². The smallest absolute Gasteiger partial charge is 0.144 e. The minimum absolute atomic E-state index is 0.937. The number of fused-ring (bicyclic) bond motifs is 51. The van der Waals surface area contributed by atoms with Gasteiger partial charge in [0, 0.05) is 190 Å². The number of rotatable bonds is 0. The van der Waals surface area contributed by atoms with Crippen molar-refractivity contribution >= 4 is 271 Å². The first-order valence-electron chi connectivity index (χ1n) is 40.5. The van der Waals surface area contributed by atoms with E-state index in [9.17, 15) is 0 Å². The number of nitrogens with zero attached hydrogens (tertiary/aromatic N) is 4. The first-order valence-corrected chi connectivity index (χ1v) is 41.3. The molecule has 552 valence electrons. The molecule has 0 radical (unpaired) electrons. The van der Waals surface area contributed by atoms with Crippen LogP contribution in [0.3, 0.4) is 0 Å². The average Bonchev–Trinajstić information content (AvgIpc) is 1.57. The summed E-state index contributed by atoms with van der Waals surface area (Å²) in [5, 5.41) is 37.1. The lowest BCUT2D eigenvalue weighted by atomic mass is 9.98. The SMILES string of the molecule is c1ccc2c(c1)cn1c3ccc4c5ccccc5sc4c3c3c(ccc4c5ccccc5oc43)c21.c1ccc2c(c1)cn1c3ccccc3c3c(ccc4c5ccccc5oc43)c21.c1ccc2c(c1)cn1c3ccccc3c3c(ccc4oc5ccccc5c43)c21.c1ccc2c(c1)cn1c3ccccc3c3cc4c(cc3c21)oc1ccccc14. The van der Waals surface area contributed by atoms with Gasteiger partial charge < -0.3 is 35.3 Å². The standard InChI is InChI=1S/C32H17NOS.3C26H15NO/c1-2-8-19-18(7-1)17-33-25-16-15-23-21-10-4-6-12-27(21)35-32(23)29(25)28-24(30(19)33)14-13-22-20-9-3-5-11-26(20)34-31(22)28;1-2-8-17-16(7-1)15-27-22-11-5-3-10-20(22)24-21(25(17)27)14-13-19-18-9-4-6-12-23(18)28-26(19)24;1-2-8-17-16(7-1)15-27-23-11-5-3-9-18(23)20-13-21-19-10-4-6-12-24(19)28-25(21)14-22(20)26(17)27;1-2-8-17-16(7-1)15-27-21-11-5-3-9-18(21)24-20(26(17)27)13-14-23-25(24)19-10-4-6-12-22(19)28-23/h1-17H;3*1-15H. The summed E-state index contributed by atoms with van der Waals surface area (Å²) in [4.78, 5) is 0. The third-order valence-corrected chi connectivity index (χ3v) is 26.6. The fourth-order valence-corrected chi connectivity index (χ4v) is 21.6. The first-order chi connectivity index (χ1) is 59.0. The van der Waals surface area contributed by atoms with Crippen LogP contribution in [0.15, 0.2) is 394 Å². The van der Waals surface area contributed by atoms with E-state index in [0.717, 1.165) is 44.7 Å². The molecule has 0 amide bonds. The van der Waals surface area contributed by atoms with Crippen molar-refractivity contribution in [3.63, 3.8) is 0 Å². The first kappa shape index (κ1) is 64.7. The number of benzene rings is 17. The van der Waals surface area contributed by atoms with Crippen molar-refractivity contribution in [3.05, 3.63) is 377 Å². The van der Waals surface area contributed by atoms with Crippen LogP contribution >= 0.6 is 11.3 Å². The molecule has 0 saturated heterocycles. The van der Waals surface area contributed by atoms with Crippen molar-refractivity contribution in [2.45, 2.75) is 0 Å². The molecule has 119 heavy (non-hydrogen) atoms. The zero-order valence-electron chi connectivity index (χ0n) is 63.6. The number of furan rings is 4. The molecular weight excluding hydrogens is 1470 g/mol. The van der Waals surface area contributed by atoms with Crippen LogP contribution in [0, 0.1) is 0 Å². The van der Waals surface area contributed by atoms with E-state index in [1.165, 1.54) is 215 Å². The highest BCUT2D eigenvalue weighted by Gasteiger charge is 2.25. The van der Waals surface area contributed by atoms with Gasteiger partial charge in [-0.15, -0.1) is 11.3 Å². The van der Waals surface area contributed by atoms with E-state index < -0.39 is 0 Å².